The molecule has 3 atom stereocenters. The second-order valence-corrected chi connectivity index (χ2v) is 4.41. The molecule has 0 amide bonds. The van der Waals surface area contributed by atoms with E-state index in [1.54, 1.807) is 0 Å². The molecule has 1 aliphatic carbocycles. The summed E-state index contributed by atoms with van der Waals surface area (Å²) in [6.07, 6.45) is 2.14. The third-order valence-electron chi connectivity index (χ3n) is 2.76. The zero-order valence-electron chi connectivity index (χ0n) is 9.59. The average molecular weight is 232 g/mol. The lowest BCUT2D eigenvalue weighted by atomic mass is 9.89. The van der Waals surface area contributed by atoms with Crippen molar-refractivity contribution in [3.05, 3.63) is 0 Å². The van der Waals surface area contributed by atoms with E-state index in [1.165, 1.54) is 6.42 Å². The van der Waals surface area contributed by atoms with Crippen LogP contribution in [0.1, 0.15) is 32.6 Å². The van der Waals surface area contributed by atoms with Gasteiger partial charge in [0.05, 0.1) is 6.61 Å². The summed E-state index contributed by atoms with van der Waals surface area (Å²) in [7, 11) is 0. The Hall–Kier alpha value is -0.810. The molecule has 5 heteroatoms. The Morgan fingerprint density at radius 1 is 1.50 bits per heavy atom. The number of ether oxygens (including phenoxy) is 2. The Morgan fingerprint density at radius 2 is 2.25 bits per heavy atom. The van der Waals surface area contributed by atoms with Crippen LogP contribution in [0.15, 0.2) is 0 Å². The van der Waals surface area contributed by atoms with Gasteiger partial charge in [-0.2, -0.15) is 0 Å². The first-order valence-corrected chi connectivity index (χ1v) is 5.74. The molecular formula is C11H20O5. The van der Waals surface area contributed by atoms with Gasteiger partial charge in [-0.05, 0) is 25.2 Å². The monoisotopic (exact) mass is 232 g/mol. The minimum absolute atomic E-state index is 0.0671. The Morgan fingerprint density at radius 3 is 2.88 bits per heavy atom. The molecule has 0 spiro atoms. The molecule has 0 radical (unpaired) electrons. The molecule has 1 fully saturated rings. The van der Waals surface area contributed by atoms with Gasteiger partial charge in [0, 0.05) is 0 Å². The highest BCUT2D eigenvalue weighted by molar-refractivity contribution is 5.60. The van der Waals surface area contributed by atoms with E-state index >= 15 is 0 Å². The van der Waals surface area contributed by atoms with Gasteiger partial charge in [-0.15, -0.1) is 0 Å². The molecule has 0 saturated heterocycles. The van der Waals surface area contributed by atoms with Crippen molar-refractivity contribution in [1.82, 2.24) is 0 Å². The van der Waals surface area contributed by atoms with Gasteiger partial charge < -0.3 is 19.7 Å². The normalized spacial score (nSPS) is 27.2. The Kier molecular flexibility index (Phi) is 5.55. The van der Waals surface area contributed by atoms with E-state index < -0.39 is 18.9 Å². The largest absolute Gasteiger partial charge is 0.508 e. The second-order valence-electron chi connectivity index (χ2n) is 4.41. The van der Waals surface area contributed by atoms with E-state index in [-0.39, 0.29) is 12.7 Å². The van der Waals surface area contributed by atoms with Crippen LogP contribution in [0.5, 0.6) is 0 Å². The van der Waals surface area contributed by atoms with Crippen LogP contribution in [0, 0.1) is 5.92 Å². The van der Waals surface area contributed by atoms with Gasteiger partial charge in [0.15, 0.2) is 0 Å². The molecule has 5 nitrogen and oxygen atoms in total. The summed E-state index contributed by atoms with van der Waals surface area (Å²) in [5.74, 6) is 0.578. The molecule has 0 aliphatic heterocycles. The van der Waals surface area contributed by atoms with E-state index in [9.17, 15) is 4.79 Å². The number of carbonyl (C=O) groups is 1. The molecule has 0 aromatic heterocycles. The number of aliphatic hydroxyl groups excluding tert-OH is 2. The number of aliphatic hydroxyl groups is 2. The van der Waals surface area contributed by atoms with Crippen molar-refractivity contribution in [1.29, 1.82) is 0 Å². The van der Waals surface area contributed by atoms with Gasteiger partial charge in [-0.25, -0.2) is 4.79 Å². The van der Waals surface area contributed by atoms with Crippen LogP contribution in [0.2, 0.25) is 0 Å². The summed E-state index contributed by atoms with van der Waals surface area (Å²) in [5, 5.41) is 17.5. The zero-order valence-corrected chi connectivity index (χ0v) is 9.59. The standard InChI is InChI=1S/C11H20O5/c1-8-3-2-4-10(5-8)16-11(14)15-7-9(13)6-12/h8-10,12-13H,2-7H2,1H3/t8-,9?,10+/m1/s1. The first kappa shape index (κ1) is 13.3. The third kappa shape index (κ3) is 4.81. The van der Waals surface area contributed by atoms with Gasteiger partial charge >= 0.3 is 6.16 Å². The predicted molar refractivity (Wildman–Crippen MR) is 56.9 cm³/mol. The van der Waals surface area contributed by atoms with Crippen molar-refractivity contribution in [2.45, 2.75) is 44.8 Å². The fraction of sp³-hybridized carbons (Fsp3) is 0.909. The fourth-order valence-electron chi connectivity index (χ4n) is 1.87. The molecule has 0 aromatic carbocycles. The first-order valence-electron chi connectivity index (χ1n) is 5.74. The SMILES string of the molecule is C[C@@H]1CCC[C@H](OC(=O)OCC(O)CO)C1. The van der Waals surface area contributed by atoms with Gasteiger partial charge in [-0.1, -0.05) is 13.3 Å². The third-order valence-corrected chi connectivity index (χ3v) is 2.76. The highest BCUT2D eigenvalue weighted by Crippen LogP contribution is 2.25. The summed E-state index contributed by atoms with van der Waals surface area (Å²) >= 11 is 0. The molecule has 1 aliphatic rings. The van der Waals surface area contributed by atoms with Crippen molar-refractivity contribution in [2.75, 3.05) is 13.2 Å². The smallest absolute Gasteiger partial charge is 0.431 e. The Labute approximate surface area is 95.4 Å². The van der Waals surface area contributed by atoms with Gasteiger partial charge in [0.2, 0.25) is 0 Å². The molecular weight excluding hydrogens is 212 g/mol. The predicted octanol–water partition coefficient (Wildman–Crippen LogP) is 1.07. The van der Waals surface area contributed by atoms with Crippen LogP contribution >= 0.6 is 0 Å². The number of rotatable bonds is 4. The molecule has 1 unspecified atom stereocenters. The van der Waals surface area contributed by atoms with Crippen LogP contribution in [0.3, 0.4) is 0 Å². The molecule has 0 aromatic rings. The van der Waals surface area contributed by atoms with Crippen molar-refractivity contribution in [2.24, 2.45) is 5.92 Å². The average Bonchev–Trinajstić information content (AvgIpc) is 2.26. The van der Waals surface area contributed by atoms with Crippen LogP contribution in [-0.4, -0.2) is 41.8 Å². The topological polar surface area (TPSA) is 76.0 Å². The molecule has 1 saturated carbocycles. The molecule has 2 N–H and O–H groups in total. The molecule has 0 bridgehead atoms. The van der Waals surface area contributed by atoms with Crippen molar-refractivity contribution >= 4 is 6.16 Å². The minimum atomic E-state index is -1.03. The quantitative estimate of drug-likeness (QED) is 0.709. The molecule has 0 heterocycles. The first-order chi connectivity index (χ1) is 7.61. The van der Waals surface area contributed by atoms with Crippen LogP contribution in [0.4, 0.5) is 4.79 Å². The summed E-state index contributed by atoms with van der Waals surface area (Å²) in [6.45, 7) is 1.49. The van der Waals surface area contributed by atoms with E-state index in [2.05, 4.69) is 11.7 Å². The number of hydrogen-bond donors (Lipinski definition) is 2. The van der Waals surface area contributed by atoms with E-state index in [0.29, 0.717) is 5.92 Å². The fourth-order valence-corrected chi connectivity index (χ4v) is 1.87. The maximum Gasteiger partial charge on any atom is 0.508 e. The van der Waals surface area contributed by atoms with E-state index in [0.717, 1.165) is 19.3 Å². The maximum absolute atomic E-state index is 11.2. The summed E-state index contributed by atoms with van der Waals surface area (Å²) in [6, 6.07) is 0. The van der Waals surface area contributed by atoms with Crippen molar-refractivity contribution < 1.29 is 24.5 Å². The Balaban J connectivity index is 2.18. The molecule has 94 valence electrons. The van der Waals surface area contributed by atoms with Gasteiger partial charge in [0.25, 0.3) is 0 Å². The van der Waals surface area contributed by atoms with Gasteiger partial charge in [-0.3, -0.25) is 0 Å². The molecule has 1 rings (SSSR count). The zero-order chi connectivity index (χ0) is 12.0. The number of hydrogen-bond acceptors (Lipinski definition) is 5. The van der Waals surface area contributed by atoms with E-state index in [1.807, 2.05) is 0 Å². The lowest BCUT2D eigenvalue weighted by Crippen LogP contribution is -2.27. The van der Waals surface area contributed by atoms with Crippen LogP contribution in [0.25, 0.3) is 0 Å². The maximum atomic E-state index is 11.2. The summed E-state index contributed by atoms with van der Waals surface area (Å²) in [5.41, 5.74) is 0. The summed E-state index contributed by atoms with van der Waals surface area (Å²) < 4.78 is 9.76. The van der Waals surface area contributed by atoms with Crippen molar-refractivity contribution in [3.63, 3.8) is 0 Å². The Bertz CT molecular complexity index is 218. The molecule has 16 heavy (non-hydrogen) atoms. The number of carbonyl (C=O) groups excluding carboxylic acids is 1. The highest BCUT2D eigenvalue weighted by Gasteiger charge is 2.23. The van der Waals surface area contributed by atoms with E-state index in [4.69, 9.17) is 14.9 Å². The van der Waals surface area contributed by atoms with Crippen LogP contribution in [-0.2, 0) is 9.47 Å². The van der Waals surface area contributed by atoms with Crippen LogP contribution < -0.4 is 0 Å². The van der Waals surface area contributed by atoms with Gasteiger partial charge in [0.1, 0.15) is 18.8 Å². The lowest BCUT2D eigenvalue weighted by molar-refractivity contribution is -0.0241. The second kappa shape index (κ2) is 6.70. The lowest BCUT2D eigenvalue weighted by Gasteiger charge is -2.26. The van der Waals surface area contributed by atoms with Crippen molar-refractivity contribution in [3.8, 4) is 0 Å². The summed E-state index contributed by atoms with van der Waals surface area (Å²) in [4.78, 5) is 11.2. The highest BCUT2D eigenvalue weighted by atomic mass is 16.7. The minimum Gasteiger partial charge on any atom is -0.431 e.